The highest BCUT2D eigenvalue weighted by Crippen LogP contribution is 2.26. The van der Waals surface area contributed by atoms with Gasteiger partial charge in [0.2, 0.25) is 0 Å². The molecular weight excluding hydrogens is 293 g/mol. The van der Waals surface area contributed by atoms with Crippen LogP contribution in [0.5, 0.6) is 0 Å². The maximum atomic E-state index is 12.5. The molecule has 1 heterocycles. The third kappa shape index (κ3) is 2.21. The lowest BCUT2D eigenvalue weighted by atomic mass is 10.0. The average Bonchev–Trinajstić information content (AvgIpc) is 2.84. The van der Waals surface area contributed by atoms with E-state index in [0.717, 1.165) is 16.5 Å². The van der Waals surface area contributed by atoms with Gasteiger partial charge in [0.25, 0.3) is 0 Å². The summed E-state index contributed by atoms with van der Waals surface area (Å²) in [5, 5.41) is 1.73. The molecular formula is C16H11Cl2NO. The second-order valence-electron chi connectivity index (χ2n) is 4.71. The first-order valence-electron chi connectivity index (χ1n) is 6.14. The van der Waals surface area contributed by atoms with Gasteiger partial charge >= 0.3 is 0 Å². The molecule has 20 heavy (non-hydrogen) atoms. The van der Waals surface area contributed by atoms with Crippen molar-refractivity contribution in [2.24, 2.45) is 0 Å². The van der Waals surface area contributed by atoms with Crippen LogP contribution in [0.25, 0.3) is 10.9 Å². The third-order valence-corrected chi connectivity index (χ3v) is 4.00. The summed E-state index contributed by atoms with van der Waals surface area (Å²) in [6.07, 6.45) is 1.73. The van der Waals surface area contributed by atoms with E-state index in [1.54, 1.807) is 24.4 Å². The highest BCUT2D eigenvalue weighted by atomic mass is 35.5. The molecule has 0 spiro atoms. The quantitative estimate of drug-likeness (QED) is 0.663. The monoisotopic (exact) mass is 303 g/mol. The van der Waals surface area contributed by atoms with Crippen LogP contribution in [0.4, 0.5) is 0 Å². The summed E-state index contributed by atoms with van der Waals surface area (Å²) in [5.41, 5.74) is 3.26. The Morgan fingerprint density at radius 3 is 2.60 bits per heavy atom. The van der Waals surface area contributed by atoms with E-state index in [-0.39, 0.29) is 5.78 Å². The highest BCUT2D eigenvalue weighted by molar-refractivity contribution is 6.42. The predicted octanol–water partition coefficient (Wildman–Crippen LogP) is 5.01. The minimum Gasteiger partial charge on any atom is -0.360 e. The van der Waals surface area contributed by atoms with Gasteiger partial charge in [-0.3, -0.25) is 4.79 Å². The smallest absolute Gasteiger partial charge is 0.195 e. The Labute approximate surface area is 126 Å². The second kappa shape index (κ2) is 4.97. The molecule has 0 aliphatic carbocycles. The summed E-state index contributed by atoms with van der Waals surface area (Å²) < 4.78 is 0. The van der Waals surface area contributed by atoms with Crippen molar-refractivity contribution in [3.8, 4) is 0 Å². The Kier molecular flexibility index (Phi) is 3.28. The molecule has 4 heteroatoms. The number of aromatic nitrogens is 1. The van der Waals surface area contributed by atoms with E-state index in [1.807, 2.05) is 25.1 Å². The minimum absolute atomic E-state index is 0.0707. The first-order valence-corrected chi connectivity index (χ1v) is 6.89. The Balaban J connectivity index is 2.10. The fraction of sp³-hybridized carbons (Fsp3) is 0.0625. The van der Waals surface area contributed by atoms with Crippen LogP contribution < -0.4 is 0 Å². The van der Waals surface area contributed by atoms with Gasteiger partial charge in [0.1, 0.15) is 0 Å². The van der Waals surface area contributed by atoms with Crippen LogP contribution in [0.1, 0.15) is 21.5 Å². The van der Waals surface area contributed by atoms with Crippen LogP contribution in [0, 0.1) is 6.92 Å². The van der Waals surface area contributed by atoms with Gasteiger partial charge in [-0.2, -0.15) is 0 Å². The minimum atomic E-state index is -0.0707. The van der Waals surface area contributed by atoms with Crippen LogP contribution in [-0.4, -0.2) is 10.8 Å². The van der Waals surface area contributed by atoms with Gasteiger partial charge in [-0.25, -0.2) is 0 Å². The number of ketones is 1. The molecule has 0 aliphatic rings. The lowest BCUT2D eigenvalue weighted by molar-refractivity contribution is 0.104. The molecule has 2 nitrogen and oxygen atoms in total. The molecule has 0 atom stereocenters. The number of rotatable bonds is 2. The Morgan fingerprint density at radius 2 is 1.85 bits per heavy atom. The number of carbonyl (C=O) groups excluding carboxylic acids is 1. The average molecular weight is 304 g/mol. The van der Waals surface area contributed by atoms with Crippen LogP contribution in [0.2, 0.25) is 10.0 Å². The van der Waals surface area contributed by atoms with Gasteiger partial charge in [-0.15, -0.1) is 0 Å². The van der Waals surface area contributed by atoms with Crippen molar-refractivity contribution in [3.05, 3.63) is 69.3 Å². The topological polar surface area (TPSA) is 32.9 Å². The van der Waals surface area contributed by atoms with Crippen molar-refractivity contribution in [2.45, 2.75) is 6.92 Å². The predicted molar refractivity (Wildman–Crippen MR) is 82.9 cm³/mol. The summed E-state index contributed by atoms with van der Waals surface area (Å²) in [7, 11) is 0. The number of hydrogen-bond donors (Lipinski definition) is 1. The number of aromatic amines is 1. The van der Waals surface area contributed by atoms with Crippen LogP contribution in [-0.2, 0) is 0 Å². The molecule has 0 amide bonds. The van der Waals surface area contributed by atoms with Gasteiger partial charge in [0.15, 0.2) is 5.78 Å². The van der Waals surface area contributed by atoms with E-state index in [4.69, 9.17) is 23.2 Å². The number of hydrogen-bond acceptors (Lipinski definition) is 1. The first-order chi connectivity index (χ1) is 9.56. The molecule has 0 saturated heterocycles. The summed E-state index contributed by atoms with van der Waals surface area (Å²) in [6, 6.07) is 10.9. The number of halogens is 2. The number of carbonyl (C=O) groups is 1. The number of benzene rings is 2. The van der Waals surface area contributed by atoms with E-state index >= 15 is 0 Å². The molecule has 1 aromatic heterocycles. The molecule has 0 radical (unpaired) electrons. The van der Waals surface area contributed by atoms with E-state index in [2.05, 4.69) is 4.98 Å². The van der Waals surface area contributed by atoms with Gasteiger partial charge in [0, 0.05) is 28.2 Å². The summed E-state index contributed by atoms with van der Waals surface area (Å²) in [6.45, 7) is 2.01. The standard InChI is InChI=1S/C16H11Cl2NO/c1-9-2-4-11-12(8-19-15(11)6-9)16(20)10-3-5-13(17)14(18)7-10/h2-8,19H,1H3. The summed E-state index contributed by atoms with van der Waals surface area (Å²) in [4.78, 5) is 15.7. The maximum absolute atomic E-state index is 12.5. The molecule has 3 aromatic rings. The number of nitrogens with one attached hydrogen (secondary N) is 1. The molecule has 1 N–H and O–H groups in total. The van der Waals surface area contributed by atoms with Crippen molar-refractivity contribution in [2.75, 3.05) is 0 Å². The Bertz CT molecular complexity index is 820. The highest BCUT2D eigenvalue weighted by Gasteiger charge is 2.15. The van der Waals surface area contributed by atoms with Gasteiger partial charge in [-0.1, -0.05) is 35.3 Å². The first kappa shape index (κ1) is 13.2. The van der Waals surface area contributed by atoms with Crippen molar-refractivity contribution >= 4 is 39.9 Å². The van der Waals surface area contributed by atoms with E-state index in [0.29, 0.717) is 21.2 Å². The Hall–Kier alpha value is -1.77. The lowest BCUT2D eigenvalue weighted by Gasteiger charge is -2.02. The zero-order valence-electron chi connectivity index (χ0n) is 10.7. The van der Waals surface area contributed by atoms with Crippen molar-refractivity contribution in [1.82, 2.24) is 4.98 Å². The molecule has 2 aromatic carbocycles. The van der Waals surface area contributed by atoms with Gasteiger partial charge < -0.3 is 4.98 Å². The lowest BCUT2D eigenvalue weighted by Crippen LogP contribution is -2.00. The number of fused-ring (bicyclic) bond motifs is 1. The molecule has 100 valence electrons. The largest absolute Gasteiger partial charge is 0.360 e. The van der Waals surface area contributed by atoms with E-state index in [1.165, 1.54) is 0 Å². The van der Waals surface area contributed by atoms with Crippen molar-refractivity contribution in [3.63, 3.8) is 0 Å². The molecule has 0 aliphatic heterocycles. The molecule has 0 bridgehead atoms. The van der Waals surface area contributed by atoms with E-state index in [9.17, 15) is 4.79 Å². The third-order valence-electron chi connectivity index (χ3n) is 3.26. The second-order valence-corrected chi connectivity index (χ2v) is 5.52. The summed E-state index contributed by atoms with van der Waals surface area (Å²) in [5.74, 6) is -0.0707. The number of aryl methyl sites for hydroxylation is 1. The Morgan fingerprint density at radius 1 is 1.05 bits per heavy atom. The molecule has 0 unspecified atom stereocenters. The molecule has 0 fully saturated rings. The fourth-order valence-electron chi connectivity index (χ4n) is 2.22. The van der Waals surface area contributed by atoms with Crippen LogP contribution >= 0.6 is 23.2 Å². The van der Waals surface area contributed by atoms with Crippen molar-refractivity contribution in [1.29, 1.82) is 0 Å². The van der Waals surface area contributed by atoms with Gasteiger partial charge in [0.05, 0.1) is 10.0 Å². The fourth-order valence-corrected chi connectivity index (χ4v) is 2.52. The number of H-pyrrole nitrogens is 1. The maximum Gasteiger partial charge on any atom is 0.195 e. The zero-order chi connectivity index (χ0) is 14.3. The SMILES string of the molecule is Cc1ccc2c(C(=O)c3ccc(Cl)c(Cl)c3)c[nH]c2c1. The normalized spacial score (nSPS) is 10.9. The molecule has 0 saturated carbocycles. The summed E-state index contributed by atoms with van der Waals surface area (Å²) >= 11 is 11.8. The zero-order valence-corrected chi connectivity index (χ0v) is 12.2. The van der Waals surface area contributed by atoms with Crippen LogP contribution in [0.15, 0.2) is 42.6 Å². The van der Waals surface area contributed by atoms with Crippen molar-refractivity contribution < 1.29 is 4.79 Å². The van der Waals surface area contributed by atoms with Crippen LogP contribution in [0.3, 0.4) is 0 Å². The van der Waals surface area contributed by atoms with E-state index < -0.39 is 0 Å². The molecule has 3 rings (SSSR count). The van der Waals surface area contributed by atoms with Gasteiger partial charge in [-0.05, 0) is 36.8 Å².